The number of amides is 1. The highest BCUT2D eigenvalue weighted by atomic mass is 127. The molecule has 0 fully saturated rings. The lowest BCUT2D eigenvalue weighted by molar-refractivity contribution is -0.118. The van der Waals surface area contributed by atoms with Gasteiger partial charge in [0, 0.05) is 13.7 Å². The van der Waals surface area contributed by atoms with Crippen molar-refractivity contribution in [2.75, 3.05) is 11.9 Å². The Balaban J connectivity index is 1.71. The van der Waals surface area contributed by atoms with Gasteiger partial charge in [-0.2, -0.15) is 0 Å². The Morgan fingerprint density at radius 3 is 2.91 bits per heavy atom. The number of hydrogen-bond acceptors (Lipinski definition) is 4. The predicted octanol–water partition coefficient (Wildman–Crippen LogP) is 4.01. The van der Waals surface area contributed by atoms with Crippen molar-refractivity contribution in [2.24, 2.45) is 0 Å². The minimum absolute atomic E-state index is 0.121. The number of nitrogens with one attached hydrogen (secondary N) is 1. The first-order chi connectivity index (χ1) is 11.1. The van der Waals surface area contributed by atoms with E-state index in [-0.39, 0.29) is 12.5 Å². The first-order valence-corrected chi connectivity index (χ1v) is 8.57. The summed E-state index contributed by atoms with van der Waals surface area (Å²) >= 11 is 5.60. The molecule has 0 bridgehead atoms. The van der Waals surface area contributed by atoms with Crippen LogP contribution in [0.15, 0.2) is 53.3 Å². The minimum atomic E-state index is -0.242. The zero-order valence-corrected chi connectivity index (χ0v) is 15.5. The van der Waals surface area contributed by atoms with Gasteiger partial charge >= 0.3 is 0 Å². The number of benzene rings is 2. The van der Waals surface area contributed by atoms with Crippen molar-refractivity contribution in [3.05, 3.63) is 56.8 Å². The molecule has 1 aromatic heterocycles. The third kappa shape index (κ3) is 4.17. The molecule has 1 N–H and O–H groups in total. The van der Waals surface area contributed by atoms with E-state index in [2.05, 4.69) is 53.8 Å². The molecular formula is C16H11BrIN3O2. The first kappa shape index (κ1) is 16.1. The SMILES string of the molecule is O=C(COc1ncnc2ccc(Br)cc12)Nc1cccc(I)c1. The maximum atomic E-state index is 12.0. The summed E-state index contributed by atoms with van der Waals surface area (Å²) in [5.41, 5.74) is 1.50. The van der Waals surface area contributed by atoms with Crippen LogP contribution in [0.1, 0.15) is 0 Å². The van der Waals surface area contributed by atoms with Gasteiger partial charge in [0.2, 0.25) is 5.88 Å². The number of ether oxygens (including phenoxy) is 1. The Morgan fingerprint density at radius 2 is 2.09 bits per heavy atom. The van der Waals surface area contributed by atoms with Crippen LogP contribution in [-0.4, -0.2) is 22.5 Å². The van der Waals surface area contributed by atoms with Gasteiger partial charge in [-0.3, -0.25) is 4.79 Å². The largest absolute Gasteiger partial charge is 0.467 e. The third-order valence-electron chi connectivity index (χ3n) is 3.01. The quantitative estimate of drug-likeness (QED) is 0.569. The Hall–Kier alpha value is -1.74. The summed E-state index contributed by atoms with van der Waals surface area (Å²) in [6.45, 7) is -0.121. The number of carbonyl (C=O) groups is 1. The molecule has 116 valence electrons. The fourth-order valence-electron chi connectivity index (χ4n) is 2.02. The van der Waals surface area contributed by atoms with Gasteiger partial charge in [0.1, 0.15) is 6.33 Å². The first-order valence-electron chi connectivity index (χ1n) is 6.70. The molecule has 7 heteroatoms. The summed E-state index contributed by atoms with van der Waals surface area (Å²) in [6.07, 6.45) is 1.42. The maximum Gasteiger partial charge on any atom is 0.262 e. The normalized spacial score (nSPS) is 10.5. The predicted molar refractivity (Wildman–Crippen MR) is 101 cm³/mol. The fraction of sp³-hybridized carbons (Fsp3) is 0.0625. The van der Waals surface area contributed by atoms with Crippen LogP contribution in [0.3, 0.4) is 0 Å². The zero-order chi connectivity index (χ0) is 16.2. The van der Waals surface area contributed by atoms with Gasteiger partial charge in [-0.1, -0.05) is 22.0 Å². The molecule has 0 atom stereocenters. The number of nitrogens with zero attached hydrogens (tertiary/aromatic N) is 2. The van der Waals surface area contributed by atoms with Crippen LogP contribution in [0, 0.1) is 3.57 Å². The Morgan fingerprint density at radius 1 is 1.22 bits per heavy atom. The molecule has 0 saturated carbocycles. The molecule has 5 nitrogen and oxygen atoms in total. The van der Waals surface area contributed by atoms with Gasteiger partial charge in [0.25, 0.3) is 5.91 Å². The van der Waals surface area contributed by atoms with E-state index in [0.717, 1.165) is 24.6 Å². The van der Waals surface area contributed by atoms with Gasteiger partial charge < -0.3 is 10.1 Å². The lowest BCUT2D eigenvalue weighted by Gasteiger charge is -2.09. The lowest BCUT2D eigenvalue weighted by Crippen LogP contribution is -2.20. The number of rotatable bonds is 4. The summed E-state index contributed by atoms with van der Waals surface area (Å²) < 4.78 is 7.50. The van der Waals surface area contributed by atoms with E-state index in [0.29, 0.717) is 5.88 Å². The average Bonchev–Trinajstić information content (AvgIpc) is 2.53. The van der Waals surface area contributed by atoms with Crippen LogP contribution in [0.25, 0.3) is 10.9 Å². The topological polar surface area (TPSA) is 64.1 Å². The summed E-state index contributed by atoms with van der Waals surface area (Å²) in [5, 5.41) is 3.54. The number of hydrogen-bond donors (Lipinski definition) is 1. The Labute approximate surface area is 154 Å². The fourth-order valence-corrected chi connectivity index (χ4v) is 2.92. The third-order valence-corrected chi connectivity index (χ3v) is 4.17. The van der Waals surface area contributed by atoms with Crippen molar-refractivity contribution >= 4 is 61.0 Å². The number of carbonyl (C=O) groups excluding carboxylic acids is 1. The Bertz CT molecular complexity index is 873. The van der Waals surface area contributed by atoms with Crippen molar-refractivity contribution in [1.82, 2.24) is 9.97 Å². The van der Waals surface area contributed by atoms with E-state index in [4.69, 9.17) is 4.74 Å². The molecule has 0 aliphatic rings. The van der Waals surface area contributed by atoms with Gasteiger partial charge in [-0.05, 0) is 59.0 Å². The summed E-state index contributed by atoms with van der Waals surface area (Å²) in [4.78, 5) is 20.3. The highest BCUT2D eigenvalue weighted by molar-refractivity contribution is 14.1. The highest BCUT2D eigenvalue weighted by Gasteiger charge is 2.09. The molecule has 0 radical (unpaired) electrons. The van der Waals surface area contributed by atoms with Crippen molar-refractivity contribution in [3.8, 4) is 5.88 Å². The molecule has 2 aromatic carbocycles. The molecule has 1 heterocycles. The van der Waals surface area contributed by atoms with Crippen LogP contribution in [0.2, 0.25) is 0 Å². The highest BCUT2D eigenvalue weighted by Crippen LogP contribution is 2.24. The van der Waals surface area contributed by atoms with Crippen LogP contribution in [0.5, 0.6) is 5.88 Å². The van der Waals surface area contributed by atoms with Crippen LogP contribution < -0.4 is 10.1 Å². The minimum Gasteiger partial charge on any atom is -0.467 e. The summed E-state index contributed by atoms with van der Waals surface area (Å²) in [5.74, 6) is 0.142. The van der Waals surface area contributed by atoms with E-state index in [1.165, 1.54) is 6.33 Å². The molecule has 1 amide bonds. The van der Waals surface area contributed by atoms with Crippen molar-refractivity contribution < 1.29 is 9.53 Å². The molecule has 0 aliphatic carbocycles. The molecule has 3 aromatic rings. The van der Waals surface area contributed by atoms with E-state index < -0.39 is 0 Å². The summed E-state index contributed by atoms with van der Waals surface area (Å²) in [6, 6.07) is 13.2. The standard InChI is InChI=1S/C16H11BrIN3O2/c17-10-4-5-14-13(6-10)16(20-9-19-14)23-8-15(22)21-12-3-1-2-11(18)7-12/h1-7,9H,8H2,(H,21,22). The van der Waals surface area contributed by atoms with Crippen LogP contribution >= 0.6 is 38.5 Å². The molecule has 0 unspecified atom stereocenters. The van der Waals surface area contributed by atoms with Gasteiger partial charge in [-0.25, -0.2) is 9.97 Å². The second kappa shape index (κ2) is 7.22. The van der Waals surface area contributed by atoms with E-state index >= 15 is 0 Å². The van der Waals surface area contributed by atoms with Crippen molar-refractivity contribution in [1.29, 1.82) is 0 Å². The molecule has 0 aliphatic heterocycles. The van der Waals surface area contributed by atoms with Gasteiger partial charge in [0.15, 0.2) is 6.61 Å². The molecule has 3 rings (SSSR count). The average molecular weight is 484 g/mol. The van der Waals surface area contributed by atoms with E-state index in [9.17, 15) is 4.79 Å². The second-order valence-corrected chi connectivity index (χ2v) is 6.85. The number of halogens is 2. The van der Waals surface area contributed by atoms with E-state index in [1.54, 1.807) is 0 Å². The van der Waals surface area contributed by atoms with Crippen molar-refractivity contribution in [3.63, 3.8) is 0 Å². The molecular weight excluding hydrogens is 473 g/mol. The molecule has 0 spiro atoms. The number of anilines is 1. The van der Waals surface area contributed by atoms with Gasteiger partial charge in [0.05, 0.1) is 10.9 Å². The maximum absolute atomic E-state index is 12.0. The van der Waals surface area contributed by atoms with E-state index in [1.807, 2.05) is 42.5 Å². The second-order valence-electron chi connectivity index (χ2n) is 4.69. The molecule has 0 saturated heterocycles. The van der Waals surface area contributed by atoms with Gasteiger partial charge in [-0.15, -0.1) is 0 Å². The zero-order valence-electron chi connectivity index (χ0n) is 11.8. The monoisotopic (exact) mass is 483 g/mol. The van der Waals surface area contributed by atoms with Crippen LogP contribution in [-0.2, 0) is 4.79 Å². The summed E-state index contributed by atoms with van der Waals surface area (Å²) in [7, 11) is 0. The lowest BCUT2D eigenvalue weighted by atomic mass is 10.2. The number of fused-ring (bicyclic) bond motifs is 1. The number of aromatic nitrogens is 2. The van der Waals surface area contributed by atoms with Crippen molar-refractivity contribution in [2.45, 2.75) is 0 Å². The molecule has 23 heavy (non-hydrogen) atoms. The van der Waals surface area contributed by atoms with Crippen LogP contribution in [0.4, 0.5) is 5.69 Å². The Kier molecular flexibility index (Phi) is 5.06. The smallest absolute Gasteiger partial charge is 0.262 e.